The third kappa shape index (κ3) is 2.32. The molecule has 1 atom stereocenters. The Morgan fingerprint density at radius 3 is 2.53 bits per heavy atom. The molecule has 1 aromatic carbocycles. The molecule has 0 radical (unpaired) electrons. The van der Waals surface area contributed by atoms with Gasteiger partial charge in [0.1, 0.15) is 0 Å². The van der Waals surface area contributed by atoms with E-state index in [1.54, 1.807) is 23.0 Å². The zero-order chi connectivity index (χ0) is 12.6. The Morgan fingerprint density at radius 1 is 1.29 bits per heavy atom. The average molecular weight is 270 g/mol. The van der Waals surface area contributed by atoms with Crippen LogP contribution in [0.15, 0.2) is 24.4 Å². The van der Waals surface area contributed by atoms with Crippen LogP contribution in [0.3, 0.4) is 0 Å². The van der Waals surface area contributed by atoms with Gasteiger partial charge >= 0.3 is 0 Å². The molecule has 2 aromatic rings. The van der Waals surface area contributed by atoms with Crippen molar-refractivity contribution in [1.29, 1.82) is 0 Å². The molecular weight excluding hydrogens is 257 g/mol. The van der Waals surface area contributed by atoms with E-state index in [2.05, 4.69) is 5.10 Å². The maximum Gasteiger partial charge on any atom is 0.0726 e. The fraction of sp³-hybridized carbons (Fsp3) is 0.250. The minimum atomic E-state index is -0.253. The lowest BCUT2D eigenvalue weighted by molar-refractivity contribution is 0.670. The van der Waals surface area contributed by atoms with E-state index < -0.39 is 0 Å². The zero-order valence-electron chi connectivity index (χ0n) is 9.61. The van der Waals surface area contributed by atoms with Crippen LogP contribution in [0.4, 0.5) is 0 Å². The third-order valence-electron chi connectivity index (χ3n) is 2.77. The fourth-order valence-electron chi connectivity index (χ4n) is 1.87. The lowest BCUT2D eigenvalue weighted by Gasteiger charge is -2.14. The van der Waals surface area contributed by atoms with Gasteiger partial charge in [-0.05, 0) is 30.2 Å². The highest BCUT2D eigenvalue weighted by Crippen LogP contribution is 2.28. The Bertz CT molecular complexity index is 529. The van der Waals surface area contributed by atoms with Crippen LogP contribution in [0.2, 0.25) is 10.0 Å². The van der Waals surface area contributed by atoms with Gasteiger partial charge in [-0.2, -0.15) is 5.10 Å². The summed E-state index contributed by atoms with van der Waals surface area (Å²) in [5, 5.41) is 5.23. The number of rotatable bonds is 2. The van der Waals surface area contributed by atoms with E-state index in [1.165, 1.54) is 0 Å². The lowest BCUT2D eigenvalue weighted by atomic mass is 10.0. The van der Waals surface area contributed by atoms with E-state index in [4.69, 9.17) is 28.9 Å². The predicted octanol–water partition coefficient (Wildman–Crippen LogP) is 3.08. The molecule has 0 amide bonds. The van der Waals surface area contributed by atoms with Crippen molar-refractivity contribution in [2.75, 3.05) is 0 Å². The smallest absolute Gasteiger partial charge is 0.0726 e. The topological polar surface area (TPSA) is 43.8 Å². The number of aryl methyl sites for hydroxylation is 2. The maximum absolute atomic E-state index is 6.22. The average Bonchev–Trinajstić information content (AvgIpc) is 2.62. The summed E-state index contributed by atoms with van der Waals surface area (Å²) in [7, 11) is 1.87. The summed E-state index contributed by atoms with van der Waals surface area (Å²) in [6.45, 7) is 1.99. The number of halogens is 2. The van der Waals surface area contributed by atoms with Gasteiger partial charge < -0.3 is 5.73 Å². The standard InChI is InChI=1S/C12H13Cl2N3/c1-7-6-16-17(2)12(7)11(15)8-3-4-9(13)10(14)5-8/h3-6,11H,15H2,1-2H3. The van der Waals surface area contributed by atoms with Crippen LogP contribution in [-0.4, -0.2) is 9.78 Å². The van der Waals surface area contributed by atoms with Crippen molar-refractivity contribution in [3.63, 3.8) is 0 Å². The van der Waals surface area contributed by atoms with Crippen molar-refractivity contribution in [2.45, 2.75) is 13.0 Å². The summed E-state index contributed by atoms with van der Waals surface area (Å²) in [6, 6.07) is 5.18. The number of aromatic nitrogens is 2. The summed E-state index contributed by atoms with van der Waals surface area (Å²) in [6.07, 6.45) is 1.80. The van der Waals surface area contributed by atoms with E-state index in [0.29, 0.717) is 10.0 Å². The lowest BCUT2D eigenvalue weighted by Crippen LogP contribution is -2.17. The molecule has 90 valence electrons. The summed E-state index contributed by atoms with van der Waals surface area (Å²) in [5.74, 6) is 0. The van der Waals surface area contributed by atoms with Crippen LogP contribution in [0.1, 0.15) is 22.9 Å². The second kappa shape index (κ2) is 4.69. The van der Waals surface area contributed by atoms with Crippen LogP contribution in [0.25, 0.3) is 0 Å². The first kappa shape index (κ1) is 12.4. The molecule has 2 N–H and O–H groups in total. The highest BCUT2D eigenvalue weighted by atomic mass is 35.5. The van der Waals surface area contributed by atoms with Gasteiger partial charge in [0.05, 0.1) is 28.0 Å². The van der Waals surface area contributed by atoms with Crippen LogP contribution >= 0.6 is 23.2 Å². The molecule has 1 unspecified atom stereocenters. The first-order valence-corrected chi connectivity index (χ1v) is 5.95. The predicted molar refractivity (Wildman–Crippen MR) is 70.4 cm³/mol. The van der Waals surface area contributed by atoms with Crippen LogP contribution in [0, 0.1) is 6.92 Å². The minimum Gasteiger partial charge on any atom is -0.319 e. The molecule has 0 saturated carbocycles. The van der Waals surface area contributed by atoms with Gasteiger partial charge in [0.25, 0.3) is 0 Å². The van der Waals surface area contributed by atoms with E-state index in [0.717, 1.165) is 16.8 Å². The van der Waals surface area contributed by atoms with Crippen molar-refractivity contribution in [1.82, 2.24) is 9.78 Å². The van der Waals surface area contributed by atoms with Gasteiger partial charge in [0, 0.05) is 7.05 Å². The summed E-state index contributed by atoms with van der Waals surface area (Å²) in [4.78, 5) is 0. The number of hydrogen-bond donors (Lipinski definition) is 1. The molecule has 17 heavy (non-hydrogen) atoms. The fourth-order valence-corrected chi connectivity index (χ4v) is 2.17. The van der Waals surface area contributed by atoms with Crippen molar-refractivity contribution < 1.29 is 0 Å². The highest BCUT2D eigenvalue weighted by molar-refractivity contribution is 6.42. The molecule has 0 aliphatic heterocycles. The first-order chi connectivity index (χ1) is 8.00. The molecule has 1 heterocycles. The van der Waals surface area contributed by atoms with Crippen LogP contribution < -0.4 is 5.73 Å². The quantitative estimate of drug-likeness (QED) is 0.911. The van der Waals surface area contributed by atoms with Crippen LogP contribution in [-0.2, 0) is 7.05 Å². The number of hydrogen-bond acceptors (Lipinski definition) is 2. The number of benzene rings is 1. The van der Waals surface area contributed by atoms with E-state index in [9.17, 15) is 0 Å². The molecular formula is C12H13Cl2N3. The van der Waals surface area contributed by atoms with Gasteiger partial charge in [0.2, 0.25) is 0 Å². The van der Waals surface area contributed by atoms with Crippen molar-refractivity contribution in [2.24, 2.45) is 12.8 Å². The molecule has 0 saturated heterocycles. The maximum atomic E-state index is 6.22. The van der Waals surface area contributed by atoms with Gasteiger partial charge in [-0.25, -0.2) is 0 Å². The largest absolute Gasteiger partial charge is 0.319 e. The van der Waals surface area contributed by atoms with Gasteiger partial charge in [-0.15, -0.1) is 0 Å². The summed E-state index contributed by atoms with van der Waals surface area (Å²) in [5.41, 5.74) is 9.18. The van der Waals surface area contributed by atoms with Crippen molar-refractivity contribution in [3.8, 4) is 0 Å². The molecule has 1 aromatic heterocycles. The molecule has 0 aliphatic rings. The van der Waals surface area contributed by atoms with Crippen molar-refractivity contribution >= 4 is 23.2 Å². The monoisotopic (exact) mass is 269 g/mol. The summed E-state index contributed by atoms with van der Waals surface area (Å²) >= 11 is 11.9. The highest BCUT2D eigenvalue weighted by Gasteiger charge is 2.16. The SMILES string of the molecule is Cc1cnn(C)c1C(N)c1ccc(Cl)c(Cl)c1. The molecule has 2 rings (SSSR count). The zero-order valence-corrected chi connectivity index (χ0v) is 11.1. The second-order valence-electron chi connectivity index (χ2n) is 3.99. The molecule has 0 aliphatic carbocycles. The third-order valence-corrected chi connectivity index (χ3v) is 3.51. The Balaban J connectivity index is 2.43. The molecule has 0 fully saturated rings. The Labute approximate surface area is 110 Å². The van der Waals surface area contributed by atoms with Crippen molar-refractivity contribution in [3.05, 3.63) is 51.3 Å². The van der Waals surface area contributed by atoms with Gasteiger partial charge in [-0.1, -0.05) is 29.3 Å². The van der Waals surface area contributed by atoms with E-state index in [1.807, 2.05) is 20.0 Å². The van der Waals surface area contributed by atoms with Crippen LogP contribution in [0.5, 0.6) is 0 Å². The Morgan fingerprint density at radius 2 is 2.00 bits per heavy atom. The van der Waals surface area contributed by atoms with E-state index in [-0.39, 0.29) is 6.04 Å². The van der Waals surface area contributed by atoms with Gasteiger partial charge in [0.15, 0.2) is 0 Å². The Kier molecular flexibility index (Phi) is 3.43. The second-order valence-corrected chi connectivity index (χ2v) is 4.80. The molecule has 3 nitrogen and oxygen atoms in total. The van der Waals surface area contributed by atoms with Gasteiger partial charge in [-0.3, -0.25) is 4.68 Å². The molecule has 0 bridgehead atoms. The normalized spacial score (nSPS) is 12.8. The molecule has 5 heteroatoms. The van der Waals surface area contributed by atoms with E-state index >= 15 is 0 Å². The minimum absolute atomic E-state index is 0.253. The molecule has 0 spiro atoms. The first-order valence-electron chi connectivity index (χ1n) is 5.19. The number of nitrogens with zero attached hydrogens (tertiary/aromatic N) is 2. The summed E-state index contributed by atoms with van der Waals surface area (Å²) < 4.78 is 1.78. The number of nitrogens with two attached hydrogens (primary N) is 1. The Hall–Kier alpha value is -1.03.